The molecule has 0 fully saturated rings. The number of hydrogen-bond acceptors (Lipinski definition) is 3. The molecule has 1 N–H and O–H groups in total. The number of carbonyl (C=O) groups excluding carboxylic acids is 2. The maximum absolute atomic E-state index is 12.3. The SMILES string of the molecule is COc1ccccc1CC(=O)N(C)CC(=O)Nc1ccccc1. The standard InChI is InChI=1S/C18H20N2O3/c1-20(13-17(21)19-15-9-4-3-5-10-15)18(22)12-14-8-6-7-11-16(14)23-2/h3-11H,12-13H2,1-2H3,(H,19,21). The summed E-state index contributed by atoms with van der Waals surface area (Å²) in [5.74, 6) is 0.299. The molecule has 0 atom stereocenters. The van der Waals surface area contributed by atoms with Gasteiger partial charge in [0.1, 0.15) is 5.75 Å². The van der Waals surface area contributed by atoms with E-state index in [0.29, 0.717) is 11.4 Å². The summed E-state index contributed by atoms with van der Waals surface area (Å²) < 4.78 is 5.24. The third-order valence-electron chi connectivity index (χ3n) is 3.40. The largest absolute Gasteiger partial charge is 0.496 e. The zero-order chi connectivity index (χ0) is 16.7. The van der Waals surface area contributed by atoms with E-state index in [1.165, 1.54) is 4.90 Å². The van der Waals surface area contributed by atoms with Crippen LogP contribution in [-0.2, 0) is 16.0 Å². The molecule has 0 bridgehead atoms. The van der Waals surface area contributed by atoms with Gasteiger partial charge < -0.3 is 15.0 Å². The van der Waals surface area contributed by atoms with Crippen molar-refractivity contribution in [2.75, 3.05) is 26.0 Å². The number of carbonyl (C=O) groups is 2. The van der Waals surface area contributed by atoms with Gasteiger partial charge >= 0.3 is 0 Å². The molecule has 0 aliphatic heterocycles. The van der Waals surface area contributed by atoms with Gasteiger partial charge in [0.2, 0.25) is 11.8 Å². The summed E-state index contributed by atoms with van der Waals surface area (Å²) >= 11 is 0. The van der Waals surface area contributed by atoms with Gasteiger partial charge in [0.25, 0.3) is 0 Å². The van der Waals surface area contributed by atoms with Crippen LogP contribution < -0.4 is 10.1 Å². The first-order valence-corrected chi connectivity index (χ1v) is 7.31. The Hall–Kier alpha value is -2.82. The highest BCUT2D eigenvalue weighted by Gasteiger charge is 2.15. The van der Waals surface area contributed by atoms with Crippen LogP contribution in [0.15, 0.2) is 54.6 Å². The molecule has 5 nitrogen and oxygen atoms in total. The van der Waals surface area contributed by atoms with Gasteiger partial charge in [-0.2, -0.15) is 0 Å². The summed E-state index contributed by atoms with van der Waals surface area (Å²) in [5.41, 5.74) is 1.51. The van der Waals surface area contributed by atoms with Crippen molar-refractivity contribution in [3.05, 3.63) is 60.2 Å². The highest BCUT2D eigenvalue weighted by Crippen LogP contribution is 2.18. The number of nitrogens with one attached hydrogen (secondary N) is 1. The molecule has 0 aliphatic carbocycles. The molecule has 0 aromatic heterocycles. The number of ether oxygens (including phenoxy) is 1. The minimum atomic E-state index is -0.230. The topological polar surface area (TPSA) is 58.6 Å². The molecule has 0 heterocycles. The fourth-order valence-electron chi connectivity index (χ4n) is 2.17. The van der Waals surface area contributed by atoms with Gasteiger partial charge in [-0.15, -0.1) is 0 Å². The Morgan fingerprint density at radius 1 is 1.04 bits per heavy atom. The van der Waals surface area contributed by atoms with Gasteiger partial charge in [0, 0.05) is 18.3 Å². The first-order valence-electron chi connectivity index (χ1n) is 7.31. The monoisotopic (exact) mass is 312 g/mol. The molecule has 120 valence electrons. The number of likely N-dealkylation sites (N-methyl/N-ethyl adjacent to an activating group) is 1. The summed E-state index contributed by atoms with van der Waals surface area (Å²) in [6, 6.07) is 16.5. The zero-order valence-corrected chi connectivity index (χ0v) is 13.3. The Bertz CT molecular complexity index is 671. The quantitative estimate of drug-likeness (QED) is 0.890. The fraction of sp³-hybridized carbons (Fsp3) is 0.222. The van der Waals surface area contributed by atoms with E-state index in [0.717, 1.165) is 5.56 Å². The summed E-state index contributed by atoms with van der Waals surface area (Å²) in [4.78, 5) is 25.6. The average molecular weight is 312 g/mol. The van der Waals surface area contributed by atoms with Gasteiger partial charge in [-0.3, -0.25) is 9.59 Å². The van der Waals surface area contributed by atoms with Crippen molar-refractivity contribution in [1.29, 1.82) is 0 Å². The van der Waals surface area contributed by atoms with E-state index < -0.39 is 0 Å². The number of hydrogen-bond donors (Lipinski definition) is 1. The van der Waals surface area contributed by atoms with Crippen LogP contribution in [0.4, 0.5) is 5.69 Å². The normalized spacial score (nSPS) is 10.0. The van der Waals surface area contributed by atoms with Gasteiger partial charge in [-0.25, -0.2) is 0 Å². The summed E-state index contributed by atoms with van der Waals surface area (Å²) in [6.45, 7) is 0.00285. The maximum atomic E-state index is 12.3. The lowest BCUT2D eigenvalue weighted by Crippen LogP contribution is -2.35. The Morgan fingerprint density at radius 3 is 2.39 bits per heavy atom. The van der Waals surface area contributed by atoms with Crippen molar-refractivity contribution in [2.45, 2.75) is 6.42 Å². The second kappa shape index (κ2) is 7.98. The zero-order valence-electron chi connectivity index (χ0n) is 13.3. The lowest BCUT2D eigenvalue weighted by molar-refractivity contribution is -0.132. The first kappa shape index (κ1) is 16.5. The predicted molar refractivity (Wildman–Crippen MR) is 89.4 cm³/mol. The van der Waals surface area contributed by atoms with Crippen molar-refractivity contribution in [3.8, 4) is 5.75 Å². The number of rotatable bonds is 6. The van der Waals surface area contributed by atoms with Gasteiger partial charge in [-0.05, 0) is 18.2 Å². The molecule has 0 aliphatic rings. The van der Waals surface area contributed by atoms with E-state index in [4.69, 9.17) is 4.74 Å². The van der Waals surface area contributed by atoms with E-state index in [1.807, 2.05) is 42.5 Å². The molecule has 23 heavy (non-hydrogen) atoms. The van der Waals surface area contributed by atoms with Crippen LogP contribution in [0, 0.1) is 0 Å². The molecule has 2 amide bonds. The molecule has 2 aromatic carbocycles. The molecule has 0 saturated heterocycles. The van der Waals surface area contributed by atoms with Crippen molar-refractivity contribution >= 4 is 17.5 Å². The Labute approximate surface area is 135 Å². The van der Waals surface area contributed by atoms with Crippen molar-refractivity contribution in [3.63, 3.8) is 0 Å². The molecule has 0 saturated carbocycles. The fourth-order valence-corrected chi connectivity index (χ4v) is 2.17. The molecule has 2 rings (SSSR count). The molecular weight excluding hydrogens is 292 g/mol. The van der Waals surface area contributed by atoms with Crippen LogP contribution in [0.25, 0.3) is 0 Å². The van der Waals surface area contributed by atoms with Gasteiger partial charge in [0.15, 0.2) is 0 Å². The maximum Gasteiger partial charge on any atom is 0.243 e. The van der Waals surface area contributed by atoms with E-state index in [9.17, 15) is 9.59 Å². The number of anilines is 1. The Morgan fingerprint density at radius 2 is 1.70 bits per heavy atom. The van der Waals surface area contributed by atoms with E-state index in [1.54, 1.807) is 26.3 Å². The Kier molecular flexibility index (Phi) is 5.74. The summed E-state index contributed by atoms with van der Waals surface area (Å²) in [6.07, 6.45) is 0.194. The second-order valence-corrected chi connectivity index (χ2v) is 5.15. The third kappa shape index (κ3) is 4.85. The molecule has 0 radical (unpaired) electrons. The average Bonchev–Trinajstić information content (AvgIpc) is 2.56. The van der Waals surface area contributed by atoms with Crippen LogP contribution in [0.5, 0.6) is 5.75 Å². The summed E-state index contributed by atoms with van der Waals surface area (Å²) in [7, 11) is 3.18. The lowest BCUT2D eigenvalue weighted by Gasteiger charge is -2.17. The number of benzene rings is 2. The number of amides is 2. The predicted octanol–water partition coefficient (Wildman–Crippen LogP) is 2.33. The first-order chi connectivity index (χ1) is 11.1. The van der Waals surface area contributed by atoms with Crippen LogP contribution >= 0.6 is 0 Å². The molecular formula is C18H20N2O3. The summed E-state index contributed by atoms with van der Waals surface area (Å²) in [5, 5.41) is 2.76. The van der Waals surface area contributed by atoms with Crippen LogP contribution in [0.1, 0.15) is 5.56 Å². The second-order valence-electron chi connectivity index (χ2n) is 5.15. The minimum absolute atomic E-state index is 0.00285. The van der Waals surface area contributed by atoms with Gasteiger partial charge in [-0.1, -0.05) is 36.4 Å². The highest BCUT2D eigenvalue weighted by molar-refractivity contribution is 5.94. The van der Waals surface area contributed by atoms with Crippen molar-refractivity contribution < 1.29 is 14.3 Å². The van der Waals surface area contributed by atoms with Gasteiger partial charge in [0.05, 0.1) is 20.1 Å². The van der Waals surface area contributed by atoms with Crippen molar-refractivity contribution in [1.82, 2.24) is 4.90 Å². The number of nitrogens with zero attached hydrogens (tertiary/aromatic N) is 1. The van der Waals surface area contributed by atoms with Crippen LogP contribution in [0.2, 0.25) is 0 Å². The van der Waals surface area contributed by atoms with E-state index >= 15 is 0 Å². The number of methoxy groups -OCH3 is 1. The van der Waals surface area contributed by atoms with Crippen LogP contribution in [-0.4, -0.2) is 37.4 Å². The third-order valence-corrected chi connectivity index (χ3v) is 3.40. The molecule has 0 spiro atoms. The lowest BCUT2D eigenvalue weighted by atomic mass is 10.1. The Balaban J connectivity index is 1.91. The molecule has 5 heteroatoms. The molecule has 2 aromatic rings. The van der Waals surface area contributed by atoms with Crippen molar-refractivity contribution in [2.24, 2.45) is 0 Å². The highest BCUT2D eigenvalue weighted by atomic mass is 16.5. The molecule has 0 unspecified atom stereocenters. The van der Waals surface area contributed by atoms with Crippen LogP contribution in [0.3, 0.4) is 0 Å². The number of para-hydroxylation sites is 2. The van der Waals surface area contributed by atoms with E-state index in [2.05, 4.69) is 5.32 Å². The smallest absolute Gasteiger partial charge is 0.243 e. The van der Waals surface area contributed by atoms with E-state index in [-0.39, 0.29) is 24.8 Å². The minimum Gasteiger partial charge on any atom is -0.496 e.